The molecular weight excluding hydrogens is 407 g/mol. The fourth-order valence-electron chi connectivity index (χ4n) is 4.66. The number of amides is 1. The van der Waals surface area contributed by atoms with E-state index in [1.165, 1.54) is 22.3 Å². The van der Waals surface area contributed by atoms with Crippen LogP contribution in [0.2, 0.25) is 0 Å². The zero-order valence-corrected chi connectivity index (χ0v) is 17.7. The fraction of sp³-hybridized carbons (Fsp3) is 0.455. The lowest BCUT2D eigenvalue weighted by Gasteiger charge is -2.38. The standard InChI is InChI=1S/C22H23FN2O2S2/c23-16-5-3-6-17-19(16)24-21(29-17)27-15-8-12-25(13-9-15)20(26)22(10-1-2-11-22)18-7-4-14-28-18/h3-7,14-15H,1-2,8-13H2. The van der Waals surface area contributed by atoms with Crippen molar-refractivity contribution in [2.45, 2.75) is 50.0 Å². The third kappa shape index (κ3) is 3.44. The van der Waals surface area contributed by atoms with Crippen molar-refractivity contribution in [1.82, 2.24) is 9.88 Å². The van der Waals surface area contributed by atoms with E-state index in [1.807, 2.05) is 17.0 Å². The largest absolute Gasteiger partial charge is 0.467 e. The van der Waals surface area contributed by atoms with Crippen molar-refractivity contribution in [3.05, 3.63) is 46.4 Å². The average Bonchev–Trinajstić information content (AvgIpc) is 3.49. The van der Waals surface area contributed by atoms with Gasteiger partial charge in [0.2, 0.25) is 5.91 Å². The molecule has 1 aromatic carbocycles. The van der Waals surface area contributed by atoms with Crippen molar-refractivity contribution in [2.24, 2.45) is 0 Å². The molecule has 152 valence electrons. The molecule has 29 heavy (non-hydrogen) atoms. The summed E-state index contributed by atoms with van der Waals surface area (Å²) in [6.07, 6.45) is 5.74. The number of benzene rings is 1. The molecule has 7 heteroatoms. The minimum atomic E-state index is -0.315. The van der Waals surface area contributed by atoms with Crippen molar-refractivity contribution in [2.75, 3.05) is 13.1 Å². The molecule has 2 aromatic heterocycles. The van der Waals surface area contributed by atoms with Gasteiger partial charge in [-0.2, -0.15) is 4.98 Å². The van der Waals surface area contributed by atoms with Gasteiger partial charge in [0.15, 0.2) is 0 Å². The summed E-state index contributed by atoms with van der Waals surface area (Å²) in [5, 5.41) is 2.59. The molecule has 0 N–H and O–H groups in total. The second-order valence-corrected chi connectivity index (χ2v) is 9.88. The first kappa shape index (κ1) is 19.0. The van der Waals surface area contributed by atoms with E-state index in [9.17, 15) is 9.18 Å². The van der Waals surface area contributed by atoms with Crippen LogP contribution >= 0.6 is 22.7 Å². The van der Waals surface area contributed by atoms with E-state index < -0.39 is 0 Å². The molecular formula is C22H23FN2O2S2. The van der Waals surface area contributed by atoms with Crippen LogP contribution in [0.15, 0.2) is 35.7 Å². The number of nitrogens with zero attached hydrogens (tertiary/aromatic N) is 2. The van der Waals surface area contributed by atoms with Gasteiger partial charge in [-0.25, -0.2) is 4.39 Å². The van der Waals surface area contributed by atoms with Crippen LogP contribution in [0, 0.1) is 5.82 Å². The molecule has 1 saturated carbocycles. The van der Waals surface area contributed by atoms with E-state index in [4.69, 9.17) is 4.74 Å². The third-order valence-electron chi connectivity index (χ3n) is 6.21. The molecule has 3 aromatic rings. The Hall–Kier alpha value is -1.99. The van der Waals surface area contributed by atoms with Crippen LogP contribution in [0.4, 0.5) is 4.39 Å². The van der Waals surface area contributed by atoms with E-state index in [2.05, 4.69) is 16.4 Å². The van der Waals surface area contributed by atoms with Gasteiger partial charge in [0.05, 0.1) is 10.1 Å². The van der Waals surface area contributed by atoms with Gasteiger partial charge >= 0.3 is 0 Å². The lowest BCUT2D eigenvalue weighted by Crippen LogP contribution is -2.49. The molecule has 0 spiro atoms. The Labute approximate surface area is 177 Å². The molecule has 1 aliphatic carbocycles. The van der Waals surface area contributed by atoms with E-state index in [0.29, 0.717) is 23.8 Å². The maximum absolute atomic E-state index is 13.9. The first-order valence-electron chi connectivity index (χ1n) is 10.2. The minimum absolute atomic E-state index is 0.0175. The summed E-state index contributed by atoms with van der Waals surface area (Å²) in [4.78, 5) is 21.0. The number of thiophene rings is 1. The third-order valence-corrected chi connectivity index (χ3v) is 8.19. The number of carbonyl (C=O) groups is 1. The molecule has 2 fully saturated rings. The summed E-state index contributed by atoms with van der Waals surface area (Å²) in [6.45, 7) is 1.41. The van der Waals surface area contributed by atoms with Gasteiger partial charge in [-0.15, -0.1) is 11.3 Å². The zero-order valence-electron chi connectivity index (χ0n) is 16.1. The Morgan fingerprint density at radius 2 is 1.97 bits per heavy atom. The Kier molecular flexibility index (Phi) is 5.04. The first-order valence-corrected chi connectivity index (χ1v) is 11.9. The molecule has 1 aliphatic heterocycles. The highest BCUT2D eigenvalue weighted by molar-refractivity contribution is 7.20. The maximum Gasteiger partial charge on any atom is 0.274 e. The van der Waals surface area contributed by atoms with Crippen LogP contribution in [0.5, 0.6) is 5.19 Å². The minimum Gasteiger partial charge on any atom is -0.467 e. The highest BCUT2D eigenvalue weighted by atomic mass is 32.1. The number of ether oxygens (including phenoxy) is 1. The number of hydrogen-bond donors (Lipinski definition) is 0. The normalized spacial score (nSPS) is 19.7. The van der Waals surface area contributed by atoms with E-state index in [1.54, 1.807) is 17.4 Å². The van der Waals surface area contributed by atoms with Gasteiger partial charge in [-0.3, -0.25) is 4.79 Å². The summed E-state index contributed by atoms with van der Waals surface area (Å²) in [6, 6.07) is 9.14. The number of fused-ring (bicyclic) bond motifs is 1. The fourth-order valence-corrected chi connectivity index (χ4v) is 6.54. The predicted octanol–water partition coefficient (Wildman–Crippen LogP) is 5.38. The number of likely N-dealkylation sites (tertiary alicyclic amines) is 1. The van der Waals surface area contributed by atoms with Crippen molar-refractivity contribution in [3.63, 3.8) is 0 Å². The molecule has 0 bridgehead atoms. The van der Waals surface area contributed by atoms with Gasteiger partial charge in [-0.05, 0) is 36.4 Å². The molecule has 0 atom stereocenters. The van der Waals surface area contributed by atoms with Crippen LogP contribution < -0.4 is 4.74 Å². The Morgan fingerprint density at radius 3 is 2.66 bits per heavy atom. The summed E-state index contributed by atoms with van der Waals surface area (Å²) < 4.78 is 20.7. The lowest BCUT2D eigenvalue weighted by atomic mass is 9.82. The topological polar surface area (TPSA) is 42.4 Å². The first-order chi connectivity index (χ1) is 14.2. The van der Waals surface area contributed by atoms with Crippen molar-refractivity contribution < 1.29 is 13.9 Å². The molecule has 0 radical (unpaired) electrons. The van der Waals surface area contributed by atoms with Crippen LogP contribution in [-0.2, 0) is 10.2 Å². The van der Waals surface area contributed by atoms with Gasteiger partial charge in [0, 0.05) is 30.8 Å². The van der Waals surface area contributed by atoms with Crippen LogP contribution in [0.25, 0.3) is 10.2 Å². The summed E-state index contributed by atoms with van der Waals surface area (Å²) in [5.41, 5.74) is 0.0612. The second kappa shape index (κ2) is 7.69. The Bertz CT molecular complexity index is 1000. The smallest absolute Gasteiger partial charge is 0.274 e. The highest BCUT2D eigenvalue weighted by Crippen LogP contribution is 2.45. The zero-order chi connectivity index (χ0) is 19.8. The number of para-hydroxylation sites is 1. The number of carbonyl (C=O) groups excluding carboxylic acids is 1. The number of thiazole rings is 1. The van der Waals surface area contributed by atoms with Crippen LogP contribution in [0.1, 0.15) is 43.4 Å². The van der Waals surface area contributed by atoms with Gasteiger partial charge < -0.3 is 9.64 Å². The molecule has 0 unspecified atom stereocenters. The average molecular weight is 431 g/mol. The number of rotatable bonds is 4. The summed E-state index contributed by atoms with van der Waals surface area (Å²) in [5.74, 6) is -0.0255. The molecule has 1 amide bonds. The lowest BCUT2D eigenvalue weighted by molar-refractivity contribution is -0.139. The molecule has 2 aliphatic rings. The Balaban J connectivity index is 1.25. The molecule has 1 saturated heterocycles. The van der Waals surface area contributed by atoms with Crippen molar-refractivity contribution in [1.29, 1.82) is 0 Å². The highest BCUT2D eigenvalue weighted by Gasteiger charge is 2.46. The maximum atomic E-state index is 13.9. The second-order valence-electron chi connectivity index (χ2n) is 7.94. The van der Waals surface area contributed by atoms with Crippen molar-refractivity contribution in [3.8, 4) is 5.19 Å². The molecule has 5 rings (SSSR count). The van der Waals surface area contributed by atoms with Crippen LogP contribution in [-0.4, -0.2) is 35.0 Å². The van der Waals surface area contributed by atoms with Crippen molar-refractivity contribution >= 4 is 38.8 Å². The van der Waals surface area contributed by atoms with E-state index in [0.717, 1.165) is 43.2 Å². The monoisotopic (exact) mass is 430 g/mol. The number of aromatic nitrogens is 1. The van der Waals surface area contributed by atoms with E-state index >= 15 is 0 Å². The summed E-state index contributed by atoms with van der Waals surface area (Å²) >= 11 is 3.08. The number of halogens is 1. The van der Waals surface area contributed by atoms with E-state index in [-0.39, 0.29) is 23.2 Å². The quantitative estimate of drug-likeness (QED) is 0.558. The van der Waals surface area contributed by atoms with Gasteiger partial charge in [0.1, 0.15) is 17.4 Å². The summed E-state index contributed by atoms with van der Waals surface area (Å²) in [7, 11) is 0. The number of hydrogen-bond acceptors (Lipinski definition) is 5. The predicted molar refractivity (Wildman–Crippen MR) is 114 cm³/mol. The van der Waals surface area contributed by atoms with Gasteiger partial charge in [-0.1, -0.05) is 36.3 Å². The number of piperidine rings is 1. The van der Waals surface area contributed by atoms with Crippen LogP contribution in [0.3, 0.4) is 0 Å². The van der Waals surface area contributed by atoms with Gasteiger partial charge in [0.25, 0.3) is 5.19 Å². The molecule has 3 heterocycles. The molecule has 4 nitrogen and oxygen atoms in total. The Morgan fingerprint density at radius 1 is 1.17 bits per heavy atom. The SMILES string of the molecule is O=C(N1CCC(Oc2nc3c(F)cccc3s2)CC1)C1(c2cccs2)CCCC1.